The van der Waals surface area contributed by atoms with E-state index in [1.54, 1.807) is 0 Å². The van der Waals surface area contributed by atoms with Gasteiger partial charge in [-0.1, -0.05) is 25.5 Å². The molecule has 0 radical (unpaired) electrons. The summed E-state index contributed by atoms with van der Waals surface area (Å²) in [5, 5.41) is 6.84. The Balaban J connectivity index is 0.000000461. The first-order chi connectivity index (χ1) is 6.86. The van der Waals surface area contributed by atoms with Crippen molar-refractivity contribution in [2.45, 2.75) is 46.0 Å². The van der Waals surface area contributed by atoms with Crippen molar-refractivity contribution in [2.75, 3.05) is 0 Å². The van der Waals surface area contributed by atoms with Crippen LogP contribution in [-0.2, 0) is 0 Å². The minimum atomic E-state index is 0.701. The molecule has 0 aromatic carbocycles. The maximum absolute atomic E-state index is 3.97. The van der Waals surface area contributed by atoms with Crippen molar-refractivity contribution in [1.29, 1.82) is 0 Å². The second-order valence-electron chi connectivity index (χ2n) is 3.55. The van der Waals surface area contributed by atoms with Gasteiger partial charge in [-0.2, -0.15) is 5.10 Å². The molecule has 1 aliphatic rings. The fourth-order valence-electron chi connectivity index (χ4n) is 1.75. The number of nitrogens with zero attached hydrogens (tertiary/aromatic N) is 1. The van der Waals surface area contributed by atoms with Crippen molar-refractivity contribution >= 4 is 0 Å². The normalized spacial score (nSPS) is 20.8. The molecular formula is C12H20N2. The molecule has 2 rings (SSSR count). The quantitative estimate of drug-likeness (QED) is 0.676. The molecular weight excluding hydrogens is 172 g/mol. The summed E-state index contributed by atoms with van der Waals surface area (Å²) in [6, 6.07) is 0. The standard InChI is InChI=1S/C10H14N2.C2H6/c1-8-2-4-9(5-3-8)10-6-11-12-7-10;1-2/h2,6-7,9H,3-5H2,1H3,(H,11,12);1-2H3. The van der Waals surface area contributed by atoms with Crippen LogP contribution in [0.3, 0.4) is 0 Å². The van der Waals surface area contributed by atoms with E-state index in [4.69, 9.17) is 0 Å². The first kappa shape index (κ1) is 11.0. The number of H-pyrrole nitrogens is 1. The topological polar surface area (TPSA) is 28.7 Å². The summed E-state index contributed by atoms with van der Waals surface area (Å²) in [5.74, 6) is 0.701. The predicted octanol–water partition coefficient (Wildman–Crippen LogP) is 3.65. The second-order valence-corrected chi connectivity index (χ2v) is 3.55. The molecule has 1 heterocycles. The Morgan fingerprint density at radius 1 is 1.43 bits per heavy atom. The van der Waals surface area contributed by atoms with Gasteiger partial charge in [-0.25, -0.2) is 0 Å². The molecule has 0 fully saturated rings. The van der Waals surface area contributed by atoms with Gasteiger partial charge in [0.1, 0.15) is 0 Å². The first-order valence-electron chi connectivity index (χ1n) is 5.50. The van der Waals surface area contributed by atoms with Crippen molar-refractivity contribution in [3.05, 3.63) is 29.6 Å². The highest BCUT2D eigenvalue weighted by Gasteiger charge is 2.14. The average molecular weight is 192 g/mol. The summed E-state index contributed by atoms with van der Waals surface area (Å²) in [6.07, 6.45) is 10.0. The van der Waals surface area contributed by atoms with E-state index in [1.165, 1.54) is 30.4 Å². The molecule has 1 unspecified atom stereocenters. The van der Waals surface area contributed by atoms with Crippen LogP contribution in [0.1, 0.15) is 51.5 Å². The van der Waals surface area contributed by atoms with Gasteiger partial charge < -0.3 is 0 Å². The minimum Gasteiger partial charge on any atom is -0.285 e. The van der Waals surface area contributed by atoms with Gasteiger partial charge in [0.15, 0.2) is 0 Å². The number of hydrogen-bond acceptors (Lipinski definition) is 1. The van der Waals surface area contributed by atoms with Crippen molar-refractivity contribution in [3.63, 3.8) is 0 Å². The smallest absolute Gasteiger partial charge is 0.0522 e. The van der Waals surface area contributed by atoms with Gasteiger partial charge in [-0.05, 0) is 37.7 Å². The second kappa shape index (κ2) is 5.63. The van der Waals surface area contributed by atoms with Crippen LogP contribution in [0.2, 0.25) is 0 Å². The summed E-state index contributed by atoms with van der Waals surface area (Å²) in [5.41, 5.74) is 2.90. The summed E-state index contributed by atoms with van der Waals surface area (Å²) >= 11 is 0. The molecule has 0 saturated carbocycles. The SMILES string of the molecule is CC.CC1=CCC(c2cn[nH]c2)CC1. The van der Waals surface area contributed by atoms with Crippen LogP contribution < -0.4 is 0 Å². The predicted molar refractivity (Wildman–Crippen MR) is 60.3 cm³/mol. The Kier molecular flexibility index (Phi) is 4.44. The van der Waals surface area contributed by atoms with E-state index in [0.29, 0.717) is 5.92 Å². The molecule has 0 aliphatic heterocycles. The summed E-state index contributed by atoms with van der Waals surface area (Å²) in [7, 11) is 0. The molecule has 0 bridgehead atoms. The van der Waals surface area contributed by atoms with Crippen molar-refractivity contribution in [3.8, 4) is 0 Å². The Morgan fingerprint density at radius 3 is 2.71 bits per heavy atom. The third-order valence-electron chi connectivity index (χ3n) is 2.63. The zero-order valence-corrected chi connectivity index (χ0v) is 9.38. The van der Waals surface area contributed by atoms with E-state index < -0.39 is 0 Å². The molecule has 2 nitrogen and oxygen atoms in total. The van der Waals surface area contributed by atoms with Crippen molar-refractivity contribution in [2.24, 2.45) is 0 Å². The minimum absolute atomic E-state index is 0.701. The fourth-order valence-corrected chi connectivity index (χ4v) is 1.75. The highest BCUT2D eigenvalue weighted by molar-refractivity contribution is 5.16. The van der Waals surface area contributed by atoms with E-state index in [2.05, 4.69) is 23.2 Å². The zero-order valence-electron chi connectivity index (χ0n) is 9.38. The van der Waals surface area contributed by atoms with Crippen LogP contribution in [0.25, 0.3) is 0 Å². The number of aromatic amines is 1. The lowest BCUT2D eigenvalue weighted by atomic mass is 9.87. The van der Waals surface area contributed by atoms with Crippen LogP contribution in [0.4, 0.5) is 0 Å². The summed E-state index contributed by atoms with van der Waals surface area (Å²) < 4.78 is 0. The molecule has 1 aromatic heterocycles. The van der Waals surface area contributed by atoms with Gasteiger partial charge in [0.25, 0.3) is 0 Å². The molecule has 0 amide bonds. The number of allylic oxidation sites excluding steroid dienone is 2. The molecule has 14 heavy (non-hydrogen) atoms. The van der Waals surface area contributed by atoms with E-state index in [-0.39, 0.29) is 0 Å². The molecule has 1 aliphatic carbocycles. The molecule has 1 atom stereocenters. The third-order valence-corrected chi connectivity index (χ3v) is 2.63. The Labute approximate surface area is 86.4 Å². The lowest BCUT2D eigenvalue weighted by molar-refractivity contribution is 0.599. The lowest BCUT2D eigenvalue weighted by Gasteiger charge is -2.18. The van der Waals surface area contributed by atoms with E-state index in [1.807, 2.05) is 26.2 Å². The number of nitrogens with one attached hydrogen (secondary N) is 1. The van der Waals surface area contributed by atoms with E-state index >= 15 is 0 Å². The van der Waals surface area contributed by atoms with Crippen LogP contribution in [-0.4, -0.2) is 10.2 Å². The van der Waals surface area contributed by atoms with Gasteiger partial charge in [0.2, 0.25) is 0 Å². The fraction of sp³-hybridized carbons (Fsp3) is 0.583. The third kappa shape index (κ3) is 2.72. The molecule has 0 saturated heterocycles. The highest BCUT2D eigenvalue weighted by Crippen LogP contribution is 2.30. The lowest BCUT2D eigenvalue weighted by Crippen LogP contribution is -2.01. The summed E-state index contributed by atoms with van der Waals surface area (Å²) in [6.45, 7) is 6.21. The van der Waals surface area contributed by atoms with Gasteiger partial charge in [0.05, 0.1) is 6.20 Å². The Bertz CT molecular complexity index is 273. The first-order valence-corrected chi connectivity index (χ1v) is 5.50. The number of hydrogen-bond donors (Lipinski definition) is 1. The van der Waals surface area contributed by atoms with Crippen LogP contribution in [0.15, 0.2) is 24.0 Å². The van der Waals surface area contributed by atoms with Gasteiger partial charge >= 0.3 is 0 Å². The largest absolute Gasteiger partial charge is 0.285 e. The molecule has 0 spiro atoms. The average Bonchev–Trinajstić information content (AvgIpc) is 2.75. The van der Waals surface area contributed by atoms with Gasteiger partial charge in [0, 0.05) is 6.20 Å². The van der Waals surface area contributed by atoms with Crippen LogP contribution >= 0.6 is 0 Å². The van der Waals surface area contributed by atoms with Gasteiger partial charge in [-0.3, -0.25) is 5.10 Å². The Hall–Kier alpha value is -1.05. The van der Waals surface area contributed by atoms with E-state index in [9.17, 15) is 0 Å². The maximum Gasteiger partial charge on any atom is 0.0522 e. The molecule has 1 aromatic rings. The summed E-state index contributed by atoms with van der Waals surface area (Å²) in [4.78, 5) is 0. The monoisotopic (exact) mass is 192 g/mol. The van der Waals surface area contributed by atoms with E-state index in [0.717, 1.165) is 0 Å². The van der Waals surface area contributed by atoms with Crippen LogP contribution in [0.5, 0.6) is 0 Å². The number of aromatic nitrogens is 2. The number of rotatable bonds is 1. The van der Waals surface area contributed by atoms with Crippen LogP contribution in [0, 0.1) is 0 Å². The zero-order chi connectivity index (χ0) is 10.4. The maximum atomic E-state index is 3.97. The molecule has 78 valence electrons. The van der Waals surface area contributed by atoms with Crippen molar-refractivity contribution < 1.29 is 0 Å². The van der Waals surface area contributed by atoms with Gasteiger partial charge in [-0.15, -0.1) is 0 Å². The highest BCUT2D eigenvalue weighted by atomic mass is 15.1. The Morgan fingerprint density at radius 2 is 2.21 bits per heavy atom. The molecule has 1 N–H and O–H groups in total. The van der Waals surface area contributed by atoms with Crippen molar-refractivity contribution in [1.82, 2.24) is 10.2 Å². The molecule has 2 heteroatoms.